The highest BCUT2D eigenvalue weighted by Crippen LogP contribution is 2.50. The second-order valence-corrected chi connectivity index (χ2v) is 17.1. The molecule has 9 atom stereocenters. The molecule has 0 N–H and O–H groups in total. The minimum Gasteiger partial charge on any atom is -0.301 e. The van der Waals surface area contributed by atoms with E-state index < -0.39 is 12.1 Å². The fourth-order valence-corrected chi connectivity index (χ4v) is 12.0. The molecule has 254 valence electrons. The lowest BCUT2D eigenvalue weighted by Gasteiger charge is -2.54. The molecule has 9 unspecified atom stereocenters. The van der Waals surface area contributed by atoms with Crippen molar-refractivity contribution >= 4 is 0 Å². The normalized spacial score (nSPS) is 38.8. The maximum absolute atomic E-state index is 13.4. The molecule has 5 aliphatic heterocycles. The van der Waals surface area contributed by atoms with E-state index in [2.05, 4.69) is 54.2 Å². The molecule has 0 amide bonds. The van der Waals surface area contributed by atoms with Gasteiger partial charge in [-0.15, -0.1) is 0 Å². The van der Waals surface area contributed by atoms with Gasteiger partial charge in [0.2, 0.25) is 0 Å². The van der Waals surface area contributed by atoms with Gasteiger partial charge < -0.3 is 4.90 Å². The molecule has 7 heteroatoms. The van der Waals surface area contributed by atoms with Gasteiger partial charge in [0.25, 0.3) is 0 Å². The first kappa shape index (κ1) is 33.5. The molecule has 0 aromatic carbocycles. The quantitative estimate of drug-likeness (QED) is 0.243. The lowest BCUT2D eigenvalue weighted by molar-refractivity contribution is -0.186. The van der Waals surface area contributed by atoms with E-state index in [-0.39, 0.29) is 12.8 Å². The third-order valence-electron chi connectivity index (χ3n) is 13.8. The Hall–Kier alpha value is -0.370. The Morgan fingerprint density at radius 3 is 2.09 bits per heavy atom. The van der Waals surface area contributed by atoms with Crippen molar-refractivity contribution in [3.8, 4) is 0 Å². The summed E-state index contributed by atoms with van der Waals surface area (Å²) in [5.74, 6) is 0.610. The van der Waals surface area contributed by atoms with Gasteiger partial charge in [0.1, 0.15) is 0 Å². The van der Waals surface area contributed by atoms with Gasteiger partial charge in [-0.05, 0) is 149 Å². The number of halogens is 3. The summed E-state index contributed by atoms with van der Waals surface area (Å²) >= 11 is 0. The molecule has 0 radical (unpaired) electrons. The highest BCUT2D eigenvalue weighted by molar-refractivity contribution is 5.08. The topological polar surface area (TPSA) is 13.0 Å². The van der Waals surface area contributed by atoms with Crippen LogP contribution in [0, 0.1) is 17.8 Å². The minimum atomic E-state index is -4.04. The SMILES string of the molecule is CC(CC(CC(C)N1C2CCCC1(CC1CCCC(C)N1C(C)C)CC2)N1CC2CCC(C2)C1)N1CCC(C(F)(F)F)CC1. The minimum absolute atomic E-state index is 0.272. The van der Waals surface area contributed by atoms with Crippen molar-refractivity contribution < 1.29 is 13.2 Å². The summed E-state index contributed by atoms with van der Waals surface area (Å²) in [6.07, 6.45) is 15.3. The Morgan fingerprint density at radius 2 is 1.43 bits per heavy atom. The van der Waals surface area contributed by atoms with E-state index in [1.807, 2.05) is 0 Å². The van der Waals surface area contributed by atoms with Crippen molar-refractivity contribution in [2.24, 2.45) is 17.8 Å². The van der Waals surface area contributed by atoms with E-state index in [0.29, 0.717) is 54.9 Å². The standard InChI is InChI=1S/C37H65F3N4/c1-26(2)43-27(3)8-6-9-34(43)23-36-16-7-10-33(13-17-36)44(36)29(5)21-35(42-24-30-11-12-31(22-30)25-42)20-28(4)41-18-14-32(15-19-41)37(38,39)40/h26-35H,6-25H2,1-5H3. The first-order chi connectivity index (χ1) is 20.9. The van der Waals surface area contributed by atoms with Crippen LogP contribution in [0.1, 0.15) is 137 Å². The van der Waals surface area contributed by atoms with E-state index >= 15 is 0 Å². The summed E-state index contributed by atoms with van der Waals surface area (Å²) in [7, 11) is 0. The monoisotopic (exact) mass is 623 g/mol. The average molecular weight is 623 g/mol. The molecule has 6 fully saturated rings. The number of nitrogens with zero attached hydrogens (tertiary/aromatic N) is 4. The van der Waals surface area contributed by atoms with Gasteiger partial charge in [-0.2, -0.15) is 13.2 Å². The van der Waals surface area contributed by atoms with E-state index in [9.17, 15) is 13.2 Å². The van der Waals surface area contributed by atoms with E-state index in [1.165, 1.54) is 96.6 Å². The summed E-state index contributed by atoms with van der Waals surface area (Å²) in [6, 6.07) is 4.19. The molecule has 5 saturated heterocycles. The van der Waals surface area contributed by atoms with Crippen molar-refractivity contribution in [1.82, 2.24) is 19.6 Å². The molecular formula is C37H65F3N4. The number of hydrogen-bond acceptors (Lipinski definition) is 4. The molecule has 6 rings (SSSR count). The maximum Gasteiger partial charge on any atom is 0.391 e. The number of fused-ring (bicyclic) bond motifs is 4. The Balaban J connectivity index is 1.17. The first-order valence-corrected chi connectivity index (χ1v) is 19.0. The van der Waals surface area contributed by atoms with Crippen LogP contribution in [0.5, 0.6) is 0 Å². The van der Waals surface area contributed by atoms with Crippen molar-refractivity contribution in [1.29, 1.82) is 0 Å². The first-order valence-electron chi connectivity index (χ1n) is 19.0. The fourth-order valence-electron chi connectivity index (χ4n) is 12.0. The molecule has 6 aliphatic rings. The molecule has 4 bridgehead atoms. The van der Waals surface area contributed by atoms with Gasteiger partial charge in [0.05, 0.1) is 5.92 Å². The van der Waals surface area contributed by atoms with Crippen LogP contribution < -0.4 is 0 Å². The summed E-state index contributed by atoms with van der Waals surface area (Å²) < 4.78 is 40.3. The molecule has 4 nitrogen and oxygen atoms in total. The summed E-state index contributed by atoms with van der Waals surface area (Å²) in [5, 5.41) is 0. The van der Waals surface area contributed by atoms with Crippen molar-refractivity contribution in [3.63, 3.8) is 0 Å². The van der Waals surface area contributed by atoms with Crippen molar-refractivity contribution in [2.75, 3.05) is 26.2 Å². The Kier molecular flexibility index (Phi) is 10.4. The molecule has 44 heavy (non-hydrogen) atoms. The Labute approximate surface area is 267 Å². The molecule has 1 saturated carbocycles. The highest BCUT2D eigenvalue weighted by atomic mass is 19.4. The third-order valence-corrected chi connectivity index (χ3v) is 13.8. The number of rotatable bonds is 10. The van der Waals surface area contributed by atoms with E-state index in [4.69, 9.17) is 0 Å². The molecule has 0 spiro atoms. The second kappa shape index (κ2) is 13.6. The number of hydrogen-bond donors (Lipinski definition) is 0. The largest absolute Gasteiger partial charge is 0.391 e. The van der Waals surface area contributed by atoms with Gasteiger partial charge in [-0.3, -0.25) is 14.7 Å². The second-order valence-electron chi connectivity index (χ2n) is 17.1. The predicted molar refractivity (Wildman–Crippen MR) is 175 cm³/mol. The van der Waals surface area contributed by atoms with E-state index in [0.717, 1.165) is 24.3 Å². The van der Waals surface area contributed by atoms with Crippen LogP contribution in [-0.4, -0.2) is 99.8 Å². The third kappa shape index (κ3) is 7.06. The summed E-state index contributed by atoms with van der Waals surface area (Å²) in [5.41, 5.74) is 0.355. The lowest BCUT2D eigenvalue weighted by atomic mass is 9.77. The Morgan fingerprint density at radius 1 is 0.750 bits per heavy atom. The smallest absolute Gasteiger partial charge is 0.301 e. The van der Waals surface area contributed by atoms with Gasteiger partial charge in [0, 0.05) is 60.9 Å². The van der Waals surface area contributed by atoms with Crippen LogP contribution in [0.25, 0.3) is 0 Å². The molecular weight excluding hydrogens is 557 g/mol. The van der Waals surface area contributed by atoms with Crippen LogP contribution in [0.15, 0.2) is 0 Å². The van der Waals surface area contributed by atoms with E-state index in [1.54, 1.807) is 0 Å². The lowest BCUT2D eigenvalue weighted by Crippen LogP contribution is -2.60. The zero-order valence-corrected chi connectivity index (χ0v) is 28.8. The van der Waals surface area contributed by atoms with Gasteiger partial charge in [0.15, 0.2) is 0 Å². The average Bonchev–Trinajstić information content (AvgIpc) is 3.42. The molecule has 1 aliphatic carbocycles. The van der Waals surface area contributed by atoms with Crippen LogP contribution in [0.3, 0.4) is 0 Å². The highest BCUT2D eigenvalue weighted by Gasteiger charge is 2.52. The molecule has 0 aromatic heterocycles. The maximum atomic E-state index is 13.4. The van der Waals surface area contributed by atoms with Gasteiger partial charge >= 0.3 is 6.18 Å². The van der Waals surface area contributed by atoms with Crippen LogP contribution in [-0.2, 0) is 0 Å². The van der Waals surface area contributed by atoms with Crippen molar-refractivity contribution in [2.45, 2.75) is 191 Å². The molecule has 0 aromatic rings. The molecule has 5 heterocycles. The zero-order chi connectivity index (χ0) is 31.2. The zero-order valence-electron chi connectivity index (χ0n) is 28.8. The van der Waals surface area contributed by atoms with Gasteiger partial charge in [-0.1, -0.05) is 12.8 Å². The van der Waals surface area contributed by atoms with Crippen LogP contribution in [0.4, 0.5) is 13.2 Å². The van der Waals surface area contributed by atoms with Gasteiger partial charge in [-0.25, -0.2) is 0 Å². The fraction of sp³-hybridized carbons (Fsp3) is 1.00. The van der Waals surface area contributed by atoms with Crippen LogP contribution in [0.2, 0.25) is 0 Å². The summed E-state index contributed by atoms with van der Waals surface area (Å²) in [4.78, 5) is 11.2. The van der Waals surface area contributed by atoms with Crippen molar-refractivity contribution in [3.05, 3.63) is 0 Å². The summed E-state index contributed by atoms with van der Waals surface area (Å²) in [6.45, 7) is 15.9. The number of alkyl halides is 3. The number of piperidine rings is 4. The Bertz CT molecular complexity index is 918. The predicted octanol–water partition coefficient (Wildman–Crippen LogP) is 8.35. The number of likely N-dealkylation sites (tertiary alicyclic amines) is 3. The van der Waals surface area contributed by atoms with Crippen LogP contribution >= 0.6 is 0 Å².